The molecule has 11 nitrogen and oxygen atoms in total. The summed E-state index contributed by atoms with van der Waals surface area (Å²) >= 11 is 0. The third kappa shape index (κ3) is 5.59. The number of nitrogens with zero attached hydrogens (tertiary/aromatic N) is 1. The van der Waals surface area contributed by atoms with Crippen molar-refractivity contribution < 1.29 is 42.5 Å². The molecule has 1 aliphatic carbocycles. The molecule has 4 aliphatic rings. The van der Waals surface area contributed by atoms with Crippen molar-refractivity contribution in [2.24, 2.45) is 0 Å². The van der Waals surface area contributed by atoms with Gasteiger partial charge in [-0.1, -0.05) is 19.9 Å². The summed E-state index contributed by atoms with van der Waals surface area (Å²) in [5.74, 6) is -1.37. The molecule has 3 fully saturated rings. The van der Waals surface area contributed by atoms with Crippen LogP contribution < -0.4 is 5.43 Å². The van der Waals surface area contributed by atoms with Gasteiger partial charge in [0, 0.05) is 41.2 Å². The number of Topliss-reactive ketones (excluding diaryl/α,β-unsaturated/α-hetero) is 1. The topological polar surface area (TPSA) is 145 Å². The van der Waals surface area contributed by atoms with E-state index in [1.54, 1.807) is 25.1 Å². The molecule has 2 aromatic carbocycles. The van der Waals surface area contributed by atoms with Gasteiger partial charge in [0.25, 0.3) is 0 Å². The van der Waals surface area contributed by atoms with Crippen molar-refractivity contribution in [2.75, 3.05) is 14.1 Å². The second-order valence-corrected chi connectivity index (χ2v) is 15.5. The van der Waals surface area contributed by atoms with E-state index in [0.29, 0.717) is 30.4 Å². The molecule has 0 spiro atoms. The molecule has 3 aliphatic heterocycles. The summed E-state index contributed by atoms with van der Waals surface area (Å²) in [5.41, 5.74) is -0.722. The number of fused-ring (bicyclic) bond motifs is 4. The van der Waals surface area contributed by atoms with Crippen molar-refractivity contribution in [3.63, 3.8) is 0 Å². The Morgan fingerprint density at radius 2 is 1.62 bits per heavy atom. The molecule has 1 aromatic heterocycles. The Morgan fingerprint density at radius 1 is 0.923 bits per heavy atom. The molecule has 52 heavy (non-hydrogen) atoms. The van der Waals surface area contributed by atoms with Crippen molar-refractivity contribution in [2.45, 2.75) is 128 Å². The number of carbonyl (C=O) groups is 4. The molecule has 0 N–H and O–H groups in total. The van der Waals surface area contributed by atoms with Crippen molar-refractivity contribution >= 4 is 34.3 Å². The molecule has 0 saturated carbocycles. The standard InChI is InChI=1S/C41H47NO10/c1-10-12-25(43)31-22(27-18-40(6,42(8)9)38(21(5)48-27)51-29(45)13-11-2)14-15-23-32(31)35(47)33-24(34(23)46)16-19(3)30-26(44)17-28(50-37(30)33)41(7)39(52-41)36-20(4)49-36/h14-17,20-21,27,36,38-39H,10-13,18H2,1-9H3/t20-,21-,27+,36+,38+,39-,40+,41-/m0/s1. The molecule has 0 radical (unpaired) electrons. The molecule has 11 heteroatoms. The van der Waals surface area contributed by atoms with Crippen LogP contribution >= 0.6 is 0 Å². The number of hydrogen-bond donors (Lipinski definition) is 0. The summed E-state index contributed by atoms with van der Waals surface area (Å²) in [6.07, 6.45) is -0.349. The van der Waals surface area contributed by atoms with Crippen molar-refractivity contribution in [1.82, 2.24) is 4.90 Å². The largest absolute Gasteiger partial charge is 0.458 e. The molecular formula is C41H47NO10. The van der Waals surface area contributed by atoms with Crippen LogP contribution in [0.1, 0.15) is 139 Å². The maximum absolute atomic E-state index is 15.0. The molecule has 0 unspecified atom stereocenters. The van der Waals surface area contributed by atoms with E-state index in [4.69, 9.17) is 23.4 Å². The number of rotatable bonds is 10. The van der Waals surface area contributed by atoms with Crippen molar-refractivity contribution in [3.8, 4) is 0 Å². The summed E-state index contributed by atoms with van der Waals surface area (Å²) in [4.78, 5) is 71.9. The van der Waals surface area contributed by atoms with Gasteiger partial charge in [-0.3, -0.25) is 24.0 Å². The minimum Gasteiger partial charge on any atom is -0.458 e. The number of carbonyl (C=O) groups excluding carboxylic acids is 4. The first-order valence-electron chi connectivity index (χ1n) is 18.3. The Morgan fingerprint density at radius 3 is 2.25 bits per heavy atom. The molecule has 8 atom stereocenters. The predicted octanol–water partition coefficient (Wildman–Crippen LogP) is 6.14. The van der Waals surface area contributed by atoms with Crippen LogP contribution in [0.2, 0.25) is 0 Å². The fourth-order valence-electron chi connectivity index (χ4n) is 8.36. The van der Waals surface area contributed by atoms with Crippen LogP contribution in [-0.4, -0.2) is 78.4 Å². The molecular weight excluding hydrogens is 666 g/mol. The highest BCUT2D eigenvalue weighted by Gasteiger charge is 2.66. The third-order valence-electron chi connectivity index (χ3n) is 11.6. The van der Waals surface area contributed by atoms with Gasteiger partial charge in [-0.05, 0) is 91.2 Å². The Kier molecular flexibility index (Phi) is 8.96. The number of ketones is 3. The highest BCUT2D eigenvalue weighted by molar-refractivity contribution is 6.34. The van der Waals surface area contributed by atoms with E-state index >= 15 is 0 Å². The van der Waals surface area contributed by atoms with E-state index in [1.807, 2.05) is 60.5 Å². The number of hydrogen-bond acceptors (Lipinski definition) is 11. The van der Waals surface area contributed by atoms with E-state index in [9.17, 15) is 24.0 Å². The average molecular weight is 714 g/mol. The normalized spacial score (nSPS) is 30.7. The van der Waals surface area contributed by atoms with Crippen LogP contribution in [0.15, 0.2) is 33.5 Å². The zero-order valence-corrected chi connectivity index (χ0v) is 31.3. The fourth-order valence-corrected chi connectivity index (χ4v) is 8.36. The summed E-state index contributed by atoms with van der Waals surface area (Å²) in [7, 11) is 3.82. The maximum Gasteiger partial charge on any atom is 0.306 e. The lowest BCUT2D eigenvalue weighted by atomic mass is 9.74. The van der Waals surface area contributed by atoms with Crippen LogP contribution in [-0.2, 0) is 29.3 Å². The van der Waals surface area contributed by atoms with Gasteiger partial charge in [0.15, 0.2) is 28.4 Å². The van der Waals surface area contributed by atoms with E-state index in [1.165, 1.54) is 6.07 Å². The van der Waals surface area contributed by atoms with Gasteiger partial charge < -0.3 is 28.3 Å². The zero-order chi connectivity index (χ0) is 37.6. The van der Waals surface area contributed by atoms with E-state index in [2.05, 4.69) is 0 Å². The summed E-state index contributed by atoms with van der Waals surface area (Å²) < 4.78 is 30.6. The number of epoxide rings is 2. The Balaban J connectivity index is 1.37. The minimum atomic E-state index is -0.939. The number of likely N-dealkylation sites (N-methyl/N-ethyl adjacent to an activating group) is 1. The quantitative estimate of drug-likeness (QED) is 0.106. The average Bonchev–Trinajstić information content (AvgIpc) is 3.99. The van der Waals surface area contributed by atoms with Crippen LogP contribution in [0.25, 0.3) is 11.0 Å². The Labute approximate surface area is 302 Å². The van der Waals surface area contributed by atoms with Crippen LogP contribution in [0.4, 0.5) is 0 Å². The Bertz CT molecular complexity index is 2100. The Hall–Kier alpha value is -4.03. The van der Waals surface area contributed by atoms with Gasteiger partial charge in [-0.25, -0.2) is 0 Å². The SMILES string of the molecule is CCCC(=O)O[C@@H]1[C@H](C)O[C@@H](c2ccc3c(c2C(=O)CCC)C(=O)c2c(cc(C)c4c(=O)cc([C@]5(C)O[C@H]5[C@@H]5O[C@H]5C)oc24)C3=O)C[C@@]1(C)N(C)C. The van der Waals surface area contributed by atoms with Gasteiger partial charge in [0.05, 0.1) is 34.8 Å². The summed E-state index contributed by atoms with van der Waals surface area (Å²) in [6.45, 7) is 13.1. The second kappa shape index (κ2) is 12.8. The van der Waals surface area contributed by atoms with Crippen LogP contribution in [0.5, 0.6) is 0 Å². The fraction of sp³-hybridized carbons (Fsp3) is 0.537. The highest BCUT2D eigenvalue weighted by Crippen LogP contribution is 2.53. The van der Waals surface area contributed by atoms with Gasteiger partial charge >= 0.3 is 5.97 Å². The van der Waals surface area contributed by atoms with E-state index in [-0.39, 0.29) is 92.9 Å². The first-order valence-corrected chi connectivity index (χ1v) is 18.3. The minimum absolute atomic E-state index is 0.000454. The summed E-state index contributed by atoms with van der Waals surface area (Å²) in [5, 5.41) is 0.191. The third-order valence-corrected chi connectivity index (χ3v) is 11.6. The first-order chi connectivity index (χ1) is 24.6. The smallest absolute Gasteiger partial charge is 0.306 e. The van der Waals surface area contributed by atoms with E-state index in [0.717, 1.165) is 0 Å². The second-order valence-electron chi connectivity index (χ2n) is 15.5. The van der Waals surface area contributed by atoms with Gasteiger partial charge in [0.2, 0.25) is 0 Å². The number of aryl methyl sites for hydroxylation is 1. The van der Waals surface area contributed by atoms with Crippen molar-refractivity contribution in [1.29, 1.82) is 0 Å². The molecule has 276 valence electrons. The van der Waals surface area contributed by atoms with Crippen LogP contribution in [0.3, 0.4) is 0 Å². The highest BCUT2D eigenvalue weighted by atomic mass is 16.7. The number of benzene rings is 2. The lowest BCUT2D eigenvalue weighted by Crippen LogP contribution is -2.61. The molecule has 0 amide bonds. The lowest BCUT2D eigenvalue weighted by molar-refractivity contribution is -0.202. The number of esters is 1. The zero-order valence-electron chi connectivity index (χ0n) is 31.3. The first kappa shape index (κ1) is 36.3. The molecule has 7 rings (SSSR count). The molecule has 3 saturated heterocycles. The molecule has 0 bridgehead atoms. The monoisotopic (exact) mass is 713 g/mol. The summed E-state index contributed by atoms with van der Waals surface area (Å²) in [6, 6.07) is 6.26. The van der Waals surface area contributed by atoms with Gasteiger partial charge in [-0.15, -0.1) is 0 Å². The maximum atomic E-state index is 15.0. The van der Waals surface area contributed by atoms with Gasteiger partial charge in [-0.2, -0.15) is 0 Å². The molecule has 3 aromatic rings. The van der Waals surface area contributed by atoms with Crippen LogP contribution in [0, 0.1) is 6.92 Å². The lowest BCUT2D eigenvalue weighted by Gasteiger charge is -2.50. The molecule has 4 heterocycles. The van der Waals surface area contributed by atoms with Crippen molar-refractivity contribution in [3.05, 3.63) is 79.2 Å². The predicted molar refractivity (Wildman–Crippen MR) is 191 cm³/mol. The van der Waals surface area contributed by atoms with E-state index < -0.39 is 41.0 Å². The number of ether oxygens (including phenoxy) is 4. The van der Waals surface area contributed by atoms with Gasteiger partial charge in [0.1, 0.15) is 29.7 Å².